The number of carbonyl (C=O) groups is 1. The number of nitrogens with one attached hydrogen (secondary N) is 1. The van der Waals surface area contributed by atoms with Crippen LogP contribution in [-0.2, 0) is 4.74 Å². The number of aromatic nitrogens is 4. The van der Waals surface area contributed by atoms with E-state index in [1.807, 2.05) is 46.0 Å². The second kappa shape index (κ2) is 8.90. The molecule has 0 saturated carbocycles. The molecule has 0 radical (unpaired) electrons. The molecule has 1 saturated heterocycles. The van der Waals surface area contributed by atoms with Gasteiger partial charge in [0.15, 0.2) is 5.78 Å². The fourth-order valence-corrected chi connectivity index (χ4v) is 4.51. The molecule has 1 aromatic carbocycles. The lowest BCUT2D eigenvalue weighted by Crippen LogP contribution is -2.38. The molecule has 5 aromatic rings. The largest absolute Gasteiger partial charge is 0.422 e. The zero-order valence-electron chi connectivity index (χ0n) is 19.5. The summed E-state index contributed by atoms with van der Waals surface area (Å²) in [6.07, 6.45) is 5.31. The summed E-state index contributed by atoms with van der Waals surface area (Å²) in [6, 6.07) is 13.1. The van der Waals surface area contributed by atoms with Crippen LogP contribution in [0.4, 0.5) is 17.3 Å². The molecule has 0 spiro atoms. The molecular formula is C26H22N6O4. The minimum atomic E-state index is -0.654. The molecule has 0 bridgehead atoms. The van der Waals surface area contributed by atoms with Crippen molar-refractivity contribution in [3.63, 3.8) is 0 Å². The third-order valence-electron chi connectivity index (χ3n) is 6.15. The second-order valence-electron chi connectivity index (χ2n) is 8.45. The minimum Gasteiger partial charge on any atom is -0.422 e. The first-order chi connectivity index (χ1) is 17.6. The van der Waals surface area contributed by atoms with Crippen molar-refractivity contribution in [2.45, 2.75) is 6.92 Å². The maximum absolute atomic E-state index is 12.8. The normalized spacial score (nSPS) is 13.9. The zero-order valence-corrected chi connectivity index (χ0v) is 19.5. The summed E-state index contributed by atoms with van der Waals surface area (Å²) in [7, 11) is 0. The first kappa shape index (κ1) is 21.9. The van der Waals surface area contributed by atoms with Crippen molar-refractivity contribution in [3.05, 3.63) is 77.0 Å². The Bertz CT molecular complexity index is 1670. The molecule has 0 unspecified atom stereocenters. The van der Waals surface area contributed by atoms with Gasteiger partial charge in [0.1, 0.15) is 22.6 Å². The number of rotatable bonds is 5. The number of ether oxygens (including phenoxy) is 1. The monoisotopic (exact) mass is 482 g/mol. The highest BCUT2D eigenvalue weighted by atomic mass is 16.5. The number of Topliss-reactive ketones (excluding diaryl/α,β-unsaturated/α-hetero) is 1. The molecule has 6 rings (SSSR count). The van der Waals surface area contributed by atoms with E-state index in [0.717, 1.165) is 11.0 Å². The molecule has 4 aromatic heterocycles. The first-order valence-electron chi connectivity index (χ1n) is 11.6. The van der Waals surface area contributed by atoms with Crippen LogP contribution in [-0.4, -0.2) is 51.6 Å². The van der Waals surface area contributed by atoms with Crippen LogP contribution in [0.15, 0.2) is 70.3 Å². The number of morpholine rings is 1. The summed E-state index contributed by atoms with van der Waals surface area (Å²) in [5.41, 5.74) is 1.81. The Morgan fingerprint density at radius 2 is 1.92 bits per heavy atom. The Kier molecular flexibility index (Phi) is 5.42. The van der Waals surface area contributed by atoms with Crippen molar-refractivity contribution < 1.29 is 13.9 Å². The van der Waals surface area contributed by atoms with Gasteiger partial charge in [-0.25, -0.2) is 14.8 Å². The van der Waals surface area contributed by atoms with Crippen molar-refractivity contribution in [2.24, 2.45) is 0 Å². The Labute approximate surface area is 205 Å². The molecule has 0 atom stereocenters. The predicted octanol–water partition coefficient (Wildman–Crippen LogP) is 3.70. The van der Waals surface area contributed by atoms with Crippen LogP contribution in [0.3, 0.4) is 0 Å². The van der Waals surface area contributed by atoms with Crippen LogP contribution in [0.1, 0.15) is 17.3 Å². The average Bonchev–Trinajstić information content (AvgIpc) is 3.32. The van der Waals surface area contributed by atoms with Gasteiger partial charge in [-0.1, -0.05) is 0 Å². The Balaban J connectivity index is 1.38. The van der Waals surface area contributed by atoms with Gasteiger partial charge in [-0.05, 0) is 43.3 Å². The lowest BCUT2D eigenvalue weighted by atomic mass is 10.1. The third kappa shape index (κ3) is 3.87. The fraction of sp³-hybridized carbons (Fsp3) is 0.192. The van der Waals surface area contributed by atoms with E-state index in [2.05, 4.69) is 20.3 Å². The van der Waals surface area contributed by atoms with Gasteiger partial charge in [-0.3, -0.25) is 9.36 Å². The molecule has 1 aliphatic rings. The molecule has 180 valence electrons. The van der Waals surface area contributed by atoms with E-state index in [-0.39, 0.29) is 11.3 Å². The second-order valence-corrected chi connectivity index (χ2v) is 8.45. The summed E-state index contributed by atoms with van der Waals surface area (Å²) in [5, 5.41) is 4.88. The van der Waals surface area contributed by atoms with Gasteiger partial charge in [0, 0.05) is 54.2 Å². The molecule has 0 aliphatic carbocycles. The van der Waals surface area contributed by atoms with Crippen LogP contribution >= 0.6 is 0 Å². The van der Waals surface area contributed by atoms with E-state index in [0.29, 0.717) is 60.4 Å². The van der Waals surface area contributed by atoms with E-state index in [4.69, 9.17) is 9.15 Å². The standard InChI is InChI=1S/C26H22N6O4/c1-16(33)22-23(31-11-13-35-14-12-31)19-5-4-18(15-20(19)36-25(22)34)29-26-28-9-6-21(30-26)32-10-7-17-3-2-8-27-24(17)32/h2-10,15H,11-14H2,1H3,(H,28,29,30). The highest BCUT2D eigenvalue weighted by Gasteiger charge is 2.24. The van der Waals surface area contributed by atoms with Crippen LogP contribution in [0.25, 0.3) is 27.8 Å². The summed E-state index contributed by atoms with van der Waals surface area (Å²) < 4.78 is 12.9. The van der Waals surface area contributed by atoms with E-state index >= 15 is 0 Å². The smallest absolute Gasteiger partial charge is 0.349 e. The molecule has 5 heterocycles. The van der Waals surface area contributed by atoms with Gasteiger partial charge in [-0.2, -0.15) is 4.98 Å². The van der Waals surface area contributed by atoms with Gasteiger partial charge < -0.3 is 19.4 Å². The van der Waals surface area contributed by atoms with Crippen molar-refractivity contribution >= 4 is 45.1 Å². The Hall–Kier alpha value is -4.57. The molecule has 1 N–H and O–H groups in total. The molecular weight excluding hydrogens is 460 g/mol. The van der Waals surface area contributed by atoms with Crippen molar-refractivity contribution in [2.75, 3.05) is 36.5 Å². The SMILES string of the molecule is CC(=O)c1c(N2CCOCC2)c2ccc(Nc3nccc(-n4ccc5cccnc54)n3)cc2oc1=O. The third-order valence-corrected chi connectivity index (χ3v) is 6.15. The predicted molar refractivity (Wildman–Crippen MR) is 135 cm³/mol. The quantitative estimate of drug-likeness (QED) is 0.296. The highest BCUT2D eigenvalue weighted by molar-refractivity contribution is 6.07. The van der Waals surface area contributed by atoms with Gasteiger partial charge in [0.25, 0.3) is 0 Å². The van der Waals surface area contributed by atoms with Crippen molar-refractivity contribution in [1.82, 2.24) is 19.5 Å². The van der Waals surface area contributed by atoms with Gasteiger partial charge in [0.05, 0.1) is 18.9 Å². The van der Waals surface area contributed by atoms with Gasteiger partial charge in [-0.15, -0.1) is 0 Å². The summed E-state index contributed by atoms with van der Waals surface area (Å²) in [4.78, 5) is 40.5. The Morgan fingerprint density at radius 1 is 1.06 bits per heavy atom. The first-order valence-corrected chi connectivity index (χ1v) is 11.6. The summed E-state index contributed by atoms with van der Waals surface area (Å²) in [5.74, 6) is 0.710. The maximum Gasteiger partial charge on any atom is 0.349 e. The van der Waals surface area contributed by atoms with E-state index in [9.17, 15) is 9.59 Å². The van der Waals surface area contributed by atoms with Gasteiger partial charge >= 0.3 is 5.63 Å². The molecule has 0 amide bonds. The Morgan fingerprint density at radius 3 is 2.75 bits per heavy atom. The number of fused-ring (bicyclic) bond motifs is 2. The van der Waals surface area contributed by atoms with Crippen molar-refractivity contribution in [3.8, 4) is 5.82 Å². The summed E-state index contributed by atoms with van der Waals surface area (Å²) >= 11 is 0. The summed E-state index contributed by atoms with van der Waals surface area (Å²) in [6.45, 7) is 3.60. The highest BCUT2D eigenvalue weighted by Crippen LogP contribution is 2.32. The molecule has 1 aliphatic heterocycles. The number of ketones is 1. The van der Waals surface area contributed by atoms with E-state index in [1.54, 1.807) is 24.5 Å². The minimum absolute atomic E-state index is 0.0636. The lowest BCUT2D eigenvalue weighted by molar-refractivity contribution is 0.101. The van der Waals surface area contributed by atoms with Crippen LogP contribution < -0.4 is 15.8 Å². The van der Waals surface area contributed by atoms with Crippen LogP contribution in [0, 0.1) is 0 Å². The number of carbonyl (C=O) groups excluding carboxylic acids is 1. The lowest BCUT2D eigenvalue weighted by Gasteiger charge is -2.30. The number of hydrogen-bond donors (Lipinski definition) is 1. The number of nitrogens with zero attached hydrogens (tertiary/aromatic N) is 5. The zero-order chi connectivity index (χ0) is 24.6. The molecule has 36 heavy (non-hydrogen) atoms. The fourth-order valence-electron chi connectivity index (χ4n) is 4.51. The number of hydrogen-bond acceptors (Lipinski definition) is 9. The number of pyridine rings is 1. The molecule has 1 fully saturated rings. The maximum atomic E-state index is 12.8. The van der Waals surface area contributed by atoms with Crippen molar-refractivity contribution in [1.29, 1.82) is 0 Å². The molecule has 10 heteroatoms. The number of benzene rings is 1. The van der Waals surface area contributed by atoms with Gasteiger partial charge in [0.2, 0.25) is 5.95 Å². The average molecular weight is 483 g/mol. The van der Waals surface area contributed by atoms with E-state index in [1.165, 1.54) is 6.92 Å². The molecule has 10 nitrogen and oxygen atoms in total. The van der Waals surface area contributed by atoms with Crippen LogP contribution in [0.5, 0.6) is 0 Å². The topological polar surface area (TPSA) is 115 Å². The van der Waals surface area contributed by atoms with E-state index < -0.39 is 5.63 Å². The number of anilines is 3. The van der Waals surface area contributed by atoms with Crippen LogP contribution in [0.2, 0.25) is 0 Å².